The second kappa shape index (κ2) is 9.14. The summed E-state index contributed by atoms with van der Waals surface area (Å²) < 4.78 is 29.4. The van der Waals surface area contributed by atoms with Crippen LogP contribution in [0.5, 0.6) is 0 Å². The van der Waals surface area contributed by atoms with Gasteiger partial charge >= 0.3 is 5.97 Å². The fraction of sp³-hybridized carbons (Fsp3) is 0.192. The Balaban J connectivity index is 1.96. The Morgan fingerprint density at radius 2 is 1.39 bits per heavy atom. The molecule has 0 unspecified atom stereocenters. The van der Waals surface area contributed by atoms with E-state index in [4.69, 9.17) is 11.6 Å². The Kier molecular flexibility index (Phi) is 6.43. The Morgan fingerprint density at radius 1 is 0.879 bits per heavy atom. The van der Waals surface area contributed by atoms with Crippen LogP contribution >= 0.6 is 11.6 Å². The van der Waals surface area contributed by atoms with Crippen LogP contribution < -0.4 is 0 Å². The highest BCUT2D eigenvalue weighted by Crippen LogP contribution is 2.45. The molecule has 3 aromatic carbocycles. The van der Waals surface area contributed by atoms with E-state index in [1.54, 1.807) is 66.7 Å². The average Bonchev–Trinajstić information content (AvgIpc) is 2.79. The number of hydrogen-bond donors (Lipinski definition) is 1. The number of carbonyl (C=O) groups is 1. The van der Waals surface area contributed by atoms with Crippen LogP contribution in [0.3, 0.4) is 0 Å². The lowest BCUT2D eigenvalue weighted by molar-refractivity contribution is -0.133. The van der Waals surface area contributed by atoms with E-state index in [2.05, 4.69) is 0 Å². The lowest BCUT2D eigenvalue weighted by Gasteiger charge is -2.40. The summed E-state index contributed by atoms with van der Waals surface area (Å²) in [6.45, 7) is 3.81. The third-order valence-electron chi connectivity index (χ3n) is 5.91. The highest BCUT2D eigenvalue weighted by Gasteiger charge is 2.44. The van der Waals surface area contributed by atoms with E-state index < -0.39 is 28.1 Å². The number of carboxylic acids is 1. The Hall–Kier alpha value is -2.93. The number of aliphatic carboxylic acids is 1. The van der Waals surface area contributed by atoms with Crippen LogP contribution in [0.2, 0.25) is 5.02 Å². The molecule has 1 N–H and O–H groups in total. The minimum absolute atomic E-state index is 0.0414. The summed E-state index contributed by atoms with van der Waals surface area (Å²) in [5.74, 6) is -1.14. The van der Waals surface area contributed by atoms with Crippen molar-refractivity contribution in [1.82, 2.24) is 4.31 Å². The molecule has 170 valence electrons. The molecule has 0 amide bonds. The van der Waals surface area contributed by atoms with Gasteiger partial charge in [0.05, 0.1) is 22.6 Å². The first-order valence-electron chi connectivity index (χ1n) is 10.5. The van der Waals surface area contributed by atoms with Crippen molar-refractivity contribution in [3.63, 3.8) is 0 Å². The smallest absolute Gasteiger partial charge is 0.333 e. The molecular weight excluding hydrogens is 458 g/mol. The molecule has 0 saturated carbocycles. The zero-order valence-electron chi connectivity index (χ0n) is 18.3. The first-order chi connectivity index (χ1) is 15.7. The summed E-state index contributed by atoms with van der Waals surface area (Å²) in [4.78, 5) is 12.4. The maximum atomic E-state index is 14.0. The van der Waals surface area contributed by atoms with Crippen LogP contribution in [0.1, 0.15) is 40.8 Å². The number of halogens is 1. The van der Waals surface area contributed by atoms with Gasteiger partial charge in [-0.1, -0.05) is 77.3 Å². The Morgan fingerprint density at radius 3 is 1.94 bits per heavy atom. The van der Waals surface area contributed by atoms with Crippen LogP contribution in [0, 0.1) is 13.8 Å². The summed E-state index contributed by atoms with van der Waals surface area (Å²) >= 11 is 6.07. The molecule has 3 aromatic rings. The summed E-state index contributed by atoms with van der Waals surface area (Å²) in [5.41, 5.74) is 3.32. The maximum absolute atomic E-state index is 14.0. The number of aryl methyl sites for hydroxylation is 2. The van der Waals surface area contributed by atoms with E-state index in [0.29, 0.717) is 10.6 Å². The predicted molar refractivity (Wildman–Crippen MR) is 129 cm³/mol. The second-order valence-corrected chi connectivity index (χ2v) is 10.5. The first kappa shape index (κ1) is 23.2. The summed E-state index contributed by atoms with van der Waals surface area (Å²) in [6.07, 6.45) is 1.87. The fourth-order valence-electron chi connectivity index (χ4n) is 4.16. The number of hydrogen-bond acceptors (Lipinski definition) is 3. The molecule has 0 saturated heterocycles. The van der Waals surface area contributed by atoms with E-state index >= 15 is 0 Å². The summed E-state index contributed by atoms with van der Waals surface area (Å²) in [7, 11) is -4.06. The van der Waals surface area contributed by atoms with E-state index in [9.17, 15) is 18.3 Å². The van der Waals surface area contributed by atoms with Crippen molar-refractivity contribution in [2.24, 2.45) is 0 Å². The van der Waals surface area contributed by atoms with Gasteiger partial charge in [-0.2, -0.15) is 4.31 Å². The average molecular weight is 482 g/mol. The second-order valence-electron chi connectivity index (χ2n) is 8.23. The molecule has 1 aliphatic heterocycles. The molecule has 0 bridgehead atoms. The normalized spacial score (nSPS) is 19.2. The number of sulfonamides is 1. The molecule has 0 aromatic heterocycles. The zero-order valence-corrected chi connectivity index (χ0v) is 19.8. The van der Waals surface area contributed by atoms with Gasteiger partial charge in [0.2, 0.25) is 10.0 Å². The van der Waals surface area contributed by atoms with E-state index in [-0.39, 0.29) is 16.9 Å². The van der Waals surface area contributed by atoms with Crippen LogP contribution in [0.15, 0.2) is 89.3 Å². The molecule has 0 fully saturated rings. The van der Waals surface area contributed by atoms with Crippen molar-refractivity contribution < 1.29 is 18.3 Å². The molecule has 5 nitrogen and oxygen atoms in total. The molecule has 33 heavy (non-hydrogen) atoms. The molecule has 0 radical (unpaired) electrons. The molecule has 1 heterocycles. The number of carboxylic acid groups (broad SMARTS) is 1. The molecule has 0 spiro atoms. The van der Waals surface area contributed by atoms with Crippen LogP contribution in [-0.4, -0.2) is 23.8 Å². The monoisotopic (exact) mass is 481 g/mol. The lowest BCUT2D eigenvalue weighted by atomic mass is 9.89. The minimum atomic E-state index is -4.06. The van der Waals surface area contributed by atoms with Gasteiger partial charge in [-0.15, -0.1) is 0 Å². The largest absolute Gasteiger partial charge is 0.478 e. The zero-order chi connectivity index (χ0) is 23.8. The van der Waals surface area contributed by atoms with Gasteiger partial charge in [0, 0.05) is 5.02 Å². The van der Waals surface area contributed by atoms with Crippen LogP contribution in [0.4, 0.5) is 0 Å². The van der Waals surface area contributed by atoms with E-state index in [1.165, 1.54) is 4.31 Å². The molecule has 4 rings (SSSR count). The van der Waals surface area contributed by atoms with Gasteiger partial charge < -0.3 is 5.11 Å². The molecule has 7 heteroatoms. The standard InChI is InChI=1S/C26H24ClNO4S/c1-17-3-7-20(8-4-17)25-23(26(29)30)15-16-24(19-9-11-21(27)12-10-19)28(25)33(31,32)22-13-5-18(2)6-14-22/h3-15,24-25H,16H2,1-2H3,(H,29,30)/t24-,25-/m0/s1. The quantitative estimate of drug-likeness (QED) is 0.496. The van der Waals surface area contributed by atoms with Crippen molar-refractivity contribution in [2.45, 2.75) is 37.2 Å². The molecular formula is C26H24ClNO4S. The van der Waals surface area contributed by atoms with Crippen molar-refractivity contribution in [2.75, 3.05) is 0 Å². The van der Waals surface area contributed by atoms with Crippen molar-refractivity contribution in [3.8, 4) is 0 Å². The van der Waals surface area contributed by atoms with Gasteiger partial charge in [-0.25, -0.2) is 13.2 Å². The van der Waals surface area contributed by atoms with Gasteiger partial charge in [0.15, 0.2) is 0 Å². The summed E-state index contributed by atoms with van der Waals surface area (Å²) in [5, 5.41) is 10.5. The maximum Gasteiger partial charge on any atom is 0.333 e. The van der Waals surface area contributed by atoms with E-state index in [1.807, 2.05) is 26.0 Å². The molecule has 0 aliphatic carbocycles. The van der Waals surface area contributed by atoms with Gasteiger partial charge in [-0.05, 0) is 55.7 Å². The van der Waals surface area contributed by atoms with E-state index in [0.717, 1.165) is 16.7 Å². The number of rotatable bonds is 5. The lowest BCUT2D eigenvalue weighted by Crippen LogP contribution is -2.42. The van der Waals surface area contributed by atoms with Crippen LogP contribution in [0.25, 0.3) is 0 Å². The summed E-state index contributed by atoms with van der Waals surface area (Å²) in [6, 6.07) is 19.3. The van der Waals surface area contributed by atoms with Crippen molar-refractivity contribution in [1.29, 1.82) is 0 Å². The Labute approximate surface area is 199 Å². The van der Waals surface area contributed by atoms with Gasteiger partial charge in [0.1, 0.15) is 0 Å². The highest BCUT2D eigenvalue weighted by molar-refractivity contribution is 7.89. The topological polar surface area (TPSA) is 74.7 Å². The van der Waals surface area contributed by atoms with Gasteiger partial charge in [0.25, 0.3) is 0 Å². The van der Waals surface area contributed by atoms with Crippen molar-refractivity contribution >= 4 is 27.6 Å². The highest BCUT2D eigenvalue weighted by atomic mass is 35.5. The van der Waals surface area contributed by atoms with Crippen LogP contribution in [-0.2, 0) is 14.8 Å². The molecule has 2 atom stereocenters. The van der Waals surface area contributed by atoms with Gasteiger partial charge in [-0.3, -0.25) is 0 Å². The predicted octanol–water partition coefficient (Wildman–Crippen LogP) is 5.84. The SMILES string of the molecule is Cc1ccc([C@H]2C(C(=O)O)=CC[C@@H](c3ccc(Cl)cc3)N2S(=O)(=O)c2ccc(C)cc2)cc1. The number of nitrogens with zero attached hydrogens (tertiary/aromatic N) is 1. The third kappa shape index (κ3) is 4.60. The number of benzene rings is 3. The Bertz CT molecular complexity index is 1300. The third-order valence-corrected chi connectivity index (χ3v) is 8.05. The first-order valence-corrected chi connectivity index (χ1v) is 12.4. The van der Waals surface area contributed by atoms with Crippen molar-refractivity contribution in [3.05, 3.63) is 112 Å². The fourth-order valence-corrected chi connectivity index (χ4v) is 6.06. The minimum Gasteiger partial charge on any atom is -0.478 e. The molecule has 1 aliphatic rings.